The van der Waals surface area contributed by atoms with Crippen LogP contribution in [-0.2, 0) is 5.41 Å². The molecule has 0 aromatic heterocycles. The average molecular weight is 503 g/mol. The van der Waals surface area contributed by atoms with Crippen LogP contribution in [0.15, 0.2) is 71.9 Å². The molecule has 3 heteroatoms. The SMILES string of the molecule is C=C1/C(=C\C=C2/CCC[C@]3(C)[C@@H]([C@H](C)/C=C/[C@H](O)C4(c5ccc(C)cc5)CC4)CC[C@@H]23)C[C@@H](O)C[C@@H]1O. The lowest BCUT2D eigenvalue weighted by Gasteiger charge is -2.44. The molecule has 0 heterocycles. The van der Waals surface area contributed by atoms with E-state index in [0.717, 1.165) is 30.4 Å². The number of aliphatic hydroxyl groups excluding tert-OH is 3. The van der Waals surface area contributed by atoms with Crippen molar-refractivity contribution in [2.24, 2.45) is 23.2 Å². The van der Waals surface area contributed by atoms with Gasteiger partial charge in [-0.15, -0.1) is 0 Å². The molecule has 4 aliphatic rings. The Morgan fingerprint density at radius 2 is 1.76 bits per heavy atom. The number of fused-ring (bicyclic) bond motifs is 1. The quantitative estimate of drug-likeness (QED) is 0.378. The van der Waals surface area contributed by atoms with Gasteiger partial charge in [0.05, 0.1) is 18.3 Å². The molecule has 4 saturated carbocycles. The molecule has 37 heavy (non-hydrogen) atoms. The van der Waals surface area contributed by atoms with Crippen LogP contribution in [0.4, 0.5) is 0 Å². The van der Waals surface area contributed by atoms with E-state index in [4.69, 9.17) is 0 Å². The maximum absolute atomic E-state index is 11.2. The van der Waals surface area contributed by atoms with Crippen molar-refractivity contribution in [1.82, 2.24) is 0 Å². The summed E-state index contributed by atoms with van der Waals surface area (Å²) in [4.78, 5) is 0. The number of benzene rings is 1. The predicted octanol–water partition coefficient (Wildman–Crippen LogP) is 6.72. The highest BCUT2D eigenvalue weighted by Crippen LogP contribution is 2.60. The van der Waals surface area contributed by atoms with Gasteiger partial charge in [-0.25, -0.2) is 0 Å². The van der Waals surface area contributed by atoms with Crippen molar-refractivity contribution < 1.29 is 15.3 Å². The molecule has 3 nitrogen and oxygen atoms in total. The van der Waals surface area contributed by atoms with Crippen LogP contribution in [-0.4, -0.2) is 33.6 Å². The van der Waals surface area contributed by atoms with Crippen molar-refractivity contribution in [2.45, 2.75) is 102 Å². The average Bonchev–Trinajstić information content (AvgIpc) is 3.60. The van der Waals surface area contributed by atoms with Gasteiger partial charge in [0.15, 0.2) is 0 Å². The maximum Gasteiger partial charge on any atom is 0.0817 e. The number of hydrogen-bond acceptors (Lipinski definition) is 3. The molecular weight excluding hydrogens is 456 g/mol. The van der Waals surface area contributed by atoms with Crippen LogP contribution in [0.3, 0.4) is 0 Å². The van der Waals surface area contributed by atoms with E-state index < -0.39 is 18.3 Å². The first kappa shape index (κ1) is 26.7. The highest BCUT2D eigenvalue weighted by Gasteiger charge is 2.51. The zero-order valence-electron chi connectivity index (χ0n) is 23.0. The Morgan fingerprint density at radius 1 is 1.03 bits per heavy atom. The summed E-state index contributed by atoms with van der Waals surface area (Å²) < 4.78 is 0. The van der Waals surface area contributed by atoms with Gasteiger partial charge in [-0.3, -0.25) is 0 Å². The fraction of sp³-hybridized carbons (Fsp3) is 0.588. The highest BCUT2D eigenvalue weighted by atomic mass is 16.3. The summed E-state index contributed by atoms with van der Waals surface area (Å²) in [6, 6.07) is 8.71. The van der Waals surface area contributed by atoms with Crippen molar-refractivity contribution in [1.29, 1.82) is 0 Å². The first-order valence-corrected chi connectivity index (χ1v) is 14.5. The standard InChI is InChI=1S/C34H46O3/c1-22-7-12-27(13-8-22)34(18-19-34)32(37)16-9-23(2)29-14-15-30-25(6-5-17-33(29,30)4)10-11-26-20-28(35)21-31(36)24(26)3/h7-13,16,23,28-32,35-37H,3,5-6,14-15,17-21H2,1-2,4H3/b16-9+,25-10+,26-11-/t23-,28-,29-,30+,31+,32+,33-/m1/s1. The lowest BCUT2D eigenvalue weighted by atomic mass is 9.61. The Morgan fingerprint density at radius 3 is 2.46 bits per heavy atom. The fourth-order valence-electron chi connectivity index (χ4n) is 7.98. The summed E-state index contributed by atoms with van der Waals surface area (Å²) in [5.41, 5.74) is 6.00. The van der Waals surface area contributed by atoms with Gasteiger partial charge < -0.3 is 15.3 Å². The molecule has 1 aromatic carbocycles. The zero-order chi connectivity index (χ0) is 26.4. The molecule has 4 fully saturated rings. The number of hydrogen-bond donors (Lipinski definition) is 3. The van der Waals surface area contributed by atoms with E-state index in [-0.39, 0.29) is 10.8 Å². The normalized spacial score (nSPS) is 37.2. The zero-order valence-corrected chi connectivity index (χ0v) is 23.0. The summed E-state index contributed by atoms with van der Waals surface area (Å²) in [7, 11) is 0. The third-order valence-electron chi connectivity index (χ3n) is 10.5. The van der Waals surface area contributed by atoms with E-state index in [9.17, 15) is 15.3 Å². The predicted molar refractivity (Wildman–Crippen MR) is 151 cm³/mol. The van der Waals surface area contributed by atoms with Crippen molar-refractivity contribution in [3.63, 3.8) is 0 Å². The largest absolute Gasteiger partial charge is 0.393 e. The second-order valence-electron chi connectivity index (χ2n) is 12.9. The first-order chi connectivity index (χ1) is 17.6. The molecule has 5 rings (SSSR count). The molecule has 0 aliphatic heterocycles. The van der Waals surface area contributed by atoms with Gasteiger partial charge in [-0.1, -0.05) is 80.1 Å². The monoisotopic (exact) mass is 502 g/mol. The van der Waals surface area contributed by atoms with E-state index in [0.29, 0.717) is 30.6 Å². The molecule has 0 amide bonds. The topological polar surface area (TPSA) is 60.7 Å². The van der Waals surface area contributed by atoms with Crippen molar-refractivity contribution in [2.75, 3.05) is 0 Å². The van der Waals surface area contributed by atoms with Crippen LogP contribution < -0.4 is 0 Å². The number of aryl methyl sites for hydroxylation is 1. The van der Waals surface area contributed by atoms with Crippen LogP contribution in [0.25, 0.3) is 0 Å². The molecule has 7 atom stereocenters. The van der Waals surface area contributed by atoms with Crippen molar-refractivity contribution in [3.8, 4) is 0 Å². The Bertz CT molecular complexity index is 1090. The Labute approximate surface area is 223 Å². The Balaban J connectivity index is 1.28. The third-order valence-corrected chi connectivity index (χ3v) is 10.5. The van der Waals surface area contributed by atoms with E-state index in [1.807, 2.05) is 0 Å². The van der Waals surface area contributed by atoms with E-state index in [1.165, 1.54) is 42.4 Å². The lowest BCUT2D eigenvalue weighted by molar-refractivity contribution is 0.0862. The number of rotatable bonds is 6. The summed E-state index contributed by atoms with van der Waals surface area (Å²) in [6.07, 6.45) is 16.4. The number of aliphatic hydroxyl groups is 3. The second-order valence-corrected chi connectivity index (χ2v) is 12.9. The van der Waals surface area contributed by atoms with Crippen LogP contribution in [0.1, 0.15) is 82.8 Å². The minimum absolute atomic E-state index is 0.0927. The minimum Gasteiger partial charge on any atom is -0.393 e. The molecule has 0 spiro atoms. The van der Waals surface area contributed by atoms with Crippen molar-refractivity contribution >= 4 is 0 Å². The van der Waals surface area contributed by atoms with E-state index >= 15 is 0 Å². The second kappa shape index (κ2) is 10.3. The number of allylic oxidation sites excluding steroid dienone is 4. The van der Waals surface area contributed by atoms with Gasteiger partial charge >= 0.3 is 0 Å². The van der Waals surface area contributed by atoms with Gasteiger partial charge in [0.2, 0.25) is 0 Å². The van der Waals surface area contributed by atoms with Crippen molar-refractivity contribution in [3.05, 3.63) is 83.0 Å². The highest BCUT2D eigenvalue weighted by molar-refractivity contribution is 5.39. The molecule has 0 bridgehead atoms. The third kappa shape index (κ3) is 5.07. The maximum atomic E-state index is 11.2. The van der Waals surface area contributed by atoms with E-state index in [2.05, 4.69) is 75.9 Å². The molecule has 200 valence electrons. The summed E-state index contributed by atoms with van der Waals surface area (Å²) in [5.74, 6) is 1.62. The van der Waals surface area contributed by atoms with Gasteiger partial charge in [0.25, 0.3) is 0 Å². The smallest absolute Gasteiger partial charge is 0.0817 e. The molecule has 1 aromatic rings. The van der Waals surface area contributed by atoms with Gasteiger partial charge in [-0.2, -0.15) is 0 Å². The first-order valence-electron chi connectivity index (χ1n) is 14.5. The Hall–Kier alpha value is -1.94. The van der Waals surface area contributed by atoms with Crippen LogP contribution >= 0.6 is 0 Å². The summed E-state index contributed by atoms with van der Waals surface area (Å²) in [5, 5.41) is 31.5. The molecule has 0 unspecified atom stereocenters. The van der Waals surface area contributed by atoms with E-state index in [1.54, 1.807) is 0 Å². The van der Waals surface area contributed by atoms with Crippen LogP contribution in [0.2, 0.25) is 0 Å². The lowest BCUT2D eigenvalue weighted by Crippen LogP contribution is -2.35. The molecule has 4 aliphatic carbocycles. The molecule has 3 N–H and O–H groups in total. The summed E-state index contributed by atoms with van der Waals surface area (Å²) in [6.45, 7) is 11.0. The minimum atomic E-state index is -0.635. The molecular formula is C34H46O3. The van der Waals surface area contributed by atoms with Gasteiger partial charge in [0, 0.05) is 11.8 Å². The molecule has 0 radical (unpaired) electrons. The van der Waals surface area contributed by atoms with Crippen LogP contribution in [0, 0.1) is 30.1 Å². The van der Waals surface area contributed by atoms with Crippen LogP contribution in [0.5, 0.6) is 0 Å². The molecule has 0 saturated heterocycles. The summed E-state index contributed by atoms with van der Waals surface area (Å²) >= 11 is 0. The fourth-order valence-corrected chi connectivity index (χ4v) is 7.98. The van der Waals surface area contributed by atoms with Gasteiger partial charge in [0.1, 0.15) is 0 Å². The Kier molecular flexibility index (Phi) is 7.44. The van der Waals surface area contributed by atoms with Gasteiger partial charge in [-0.05, 0) is 98.2 Å².